The predicted octanol–water partition coefficient (Wildman–Crippen LogP) is 2.68. The van der Waals surface area contributed by atoms with Crippen LogP contribution in [-0.4, -0.2) is 33.4 Å². The van der Waals surface area contributed by atoms with Gasteiger partial charge in [0.25, 0.3) is 11.5 Å². The number of thiazole rings is 2. The predicted molar refractivity (Wildman–Crippen MR) is 99.6 cm³/mol. The van der Waals surface area contributed by atoms with E-state index in [1.54, 1.807) is 6.20 Å². The average Bonchev–Trinajstić information content (AvgIpc) is 3.18. The van der Waals surface area contributed by atoms with E-state index in [4.69, 9.17) is 4.74 Å². The maximum Gasteiger partial charge on any atom is 0.357 e. The molecule has 0 radical (unpaired) electrons. The number of methoxy groups -OCH3 is 1. The van der Waals surface area contributed by atoms with Crippen molar-refractivity contribution < 1.29 is 14.3 Å². The highest BCUT2D eigenvalue weighted by Crippen LogP contribution is 2.30. The molecular formula is C16H16N4O4S2. The molecule has 0 bridgehead atoms. The first kappa shape index (κ1) is 18.2. The highest BCUT2D eigenvalue weighted by atomic mass is 32.1. The minimum absolute atomic E-state index is 0.0321. The minimum atomic E-state index is -0.624. The Bertz CT molecular complexity index is 1060. The van der Waals surface area contributed by atoms with E-state index in [1.807, 2.05) is 20.8 Å². The number of anilines is 1. The number of aryl methyl sites for hydroxylation is 1. The number of nitrogens with zero attached hydrogens (tertiary/aromatic N) is 3. The highest BCUT2D eigenvalue weighted by Gasteiger charge is 2.23. The molecule has 0 aliphatic carbocycles. The van der Waals surface area contributed by atoms with Crippen LogP contribution >= 0.6 is 22.7 Å². The van der Waals surface area contributed by atoms with E-state index in [2.05, 4.69) is 15.3 Å². The van der Waals surface area contributed by atoms with Crippen molar-refractivity contribution >= 4 is 44.6 Å². The topological polar surface area (TPSA) is 103 Å². The Hall–Kier alpha value is -2.59. The molecule has 1 amide bonds. The van der Waals surface area contributed by atoms with E-state index < -0.39 is 17.4 Å². The molecule has 0 saturated heterocycles. The number of aromatic nitrogens is 3. The fourth-order valence-electron chi connectivity index (χ4n) is 2.34. The van der Waals surface area contributed by atoms with E-state index >= 15 is 0 Å². The summed E-state index contributed by atoms with van der Waals surface area (Å²) in [5.41, 5.74) is -0.381. The van der Waals surface area contributed by atoms with Gasteiger partial charge in [0.05, 0.1) is 7.11 Å². The summed E-state index contributed by atoms with van der Waals surface area (Å²) in [6.45, 7) is 5.68. The molecule has 1 N–H and O–H groups in total. The van der Waals surface area contributed by atoms with E-state index in [9.17, 15) is 14.4 Å². The molecule has 0 fully saturated rings. The minimum Gasteiger partial charge on any atom is -0.464 e. The first-order chi connectivity index (χ1) is 12.3. The van der Waals surface area contributed by atoms with Gasteiger partial charge >= 0.3 is 5.97 Å². The largest absolute Gasteiger partial charge is 0.464 e. The van der Waals surface area contributed by atoms with E-state index in [0.717, 1.165) is 4.88 Å². The molecule has 136 valence electrons. The van der Waals surface area contributed by atoms with Gasteiger partial charge < -0.3 is 4.74 Å². The summed E-state index contributed by atoms with van der Waals surface area (Å²) < 4.78 is 6.07. The number of rotatable bonds is 4. The quantitative estimate of drug-likeness (QED) is 0.685. The lowest BCUT2D eigenvalue weighted by molar-refractivity contribution is 0.0593. The number of hydrogen-bond acceptors (Lipinski definition) is 8. The van der Waals surface area contributed by atoms with Gasteiger partial charge in [-0.15, -0.1) is 22.7 Å². The van der Waals surface area contributed by atoms with Crippen LogP contribution in [0, 0.1) is 6.92 Å². The molecule has 0 aromatic carbocycles. The second-order valence-corrected chi connectivity index (χ2v) is 8.05. The Morgan fingerprint density at radius 2 is 2.04 bits per heavy atom. The zero-order valence-corrected chi connectivity index (χ0v) is 16.2. The van der Waals surface area contributed by atoms with Crippen LogP contribution in [-0.2, 0) is 4.74 Å². The number of esters is 1. The third kappa shape index (κ3) is 3.25. The summed E-state index contributed by atoms with van der Waals surface area (Å²) in [6.07, 6.45) is 2.89. The Kier molecular flexibility index (Phi) is 4.88. The molecule has 0 spiro atoms. The fourth-order valence-corrected chi connectivity index (χ4v) is 4.07. The SMILES string of the molecule is COC(=O)c1nc(NC(=O)c2cnc3sc(C)cn3c2=O)sc1C(C)C. The smallest absolute Gasteiger partial charge is 0.357 e. The molecule has 3 aromatic heterocycles. The Morgan fingerprint density at radius 1 is 1.31 bits per heavy atom. The first-order valence-electron chi connectivity index (χ1n) is 7.70. The van der Waals surface area contributed by atoms with Gasteiger partial charge in [-0.05, 0) is 12.8 Å². The molecule has 8 nitrogen and oxygen atoms in total. The zero-order chi connectivity index (χ0) is 19.0. The maximum absolute atomic E-state index is 12.5. The van der Waals surface area contributed by atoms with Crippen molar-refractivity contribution in [2.45, 2.75) is 26.7 Å². The molecule has 26 heavy (non-hydrogen) atoms. The summed E-state index contributed by atoms with van der Waals surface area (Å²) >= 11 is 2.54. The molecular weight excluding hydrogens is 376 g/mol. The number of hydrogen-bond donors (Lipinski definition) is 1. The van der Waals surface area contributed by atoms with Gasteiger partial charge in [0.2, 0.25) is 0 Å². The van der Waals surface area contributed by atoms with Crippen LogP contribution in [0.1, 0.15) is 50.4 Å². The first-order valence-corrected chi connectivity index (χ1v) is 9.33. The van der Waals surface area contributed by atoms with Gasteiger partial charge in [-0.3, -0.25) is 19.3 Å². The van der Waals surface area contributed by atoms with Crippen LogP contribution in [0.5, 0.6) is 0 Å². The van der Waals surface area contributed by atoms with Crippen LogP contribution in [0.15, 0.2) is 17.2 Å². The molecule has 0 aliphatic heterocycles. The van der Waals surface area contributed by atoms with Gasteiger partial charge in [-0.2, -0.15) is 0 Å². The molecule has 3 aromatic rings. The lowest BCUT2D eigenvalue weighted by atomic mass is 10.1. The number of ether oxygens (including phenoxy) is 1. The Balaban J connectivity index is 1.94. The van der Waals surface area contributed by atoms with Gasteiger partial charge in [0.15, 0.2) is 15.8 Å². The van der Waals surface area contributed by atoms with Crippen molar-refractivity contribution in [3.8, 4) is 0 Å². The monoisotopic (exact) mass is 392 g/mol. The Labute approximate surface area is 156 Å². The lowest BCUT2D eigenvalue weighted by Gasteiger charge is -2.02. The number of carbonyl (C=O) groups is 2. The molecule has 10 heteroatoms. The molecule has 0 saturated carbocycles. The van der Waals surface area contributed by atoms with Crippen molar-refractivity contribution in [2.75, 3.05) is 12.4 Å². The standard InChI is InChI=1S/C16H16N4O4S2/c1-7(2)11-10(14(23)24-4)18-15(26-11)19-12(21)9-5-17-16-20(13(9)22)6-8(3)25-16/h5-7H,1-4H3,(H,18,19,21). The van der Waals surface area contributed by atoms with E-state index in [1.165, 1.54) is 40.4 Å². The van der Waals surface area contributed by atoms with Crippen LogP contribution < -0.4 is 10.9 Å². The fraction of sp³-hybridized carbons (Fsp3) is 0.312. The normalized spacial score (nSPS) is 11.1. The highest BCUT2D eigenvalue weighted by molar-refractivity contribution is 7.17. The van der Waals surface area contributed by atoms with Crippen molar-refractivity contribution in [1.82, 2.24) is 14.4 Å². The lowest BCUT2D eigenvalue weighted by Crippen LogP contribution is -2.25. The molecule has 0 aliphatic rings. The van der Waals surface area contributed by atoms with Crippen molar-refractivity contribution in [2.24, 2.45) is 0 Å². The van der Waals surface area contributed by atoms with Crippen LogP contribution in [0.4, 0.5) is 5.13 Å². The summed E-state index contributed by atoms with van der Waals surface area (Å²) in [6, 6.07) is 0. The van der Waals surface area contributed by atoms with Crippen LogP contribution in [0.25, 0.3) is 4.96 Å². The molecule has 3 heterocycles. The third-order valence-electron chi connectivity index (χ3n) is 3.54. The second kappa shape index (κ2) is 6.96. The number of amides is 1. The molecule has 0 atom stereocenters. The Morgan fingerprint density at radius 3 is 2.69 bits per heavy atom. The summed E-state index contributed by atoms with van der Waals surface area (Å²) in [5, 5.41) is 2.80. The average molecular weight is 392 g/mol. The van der Waals surface area contributed by atoms with Crippen LogP contribution in [0.2, 0.25) is 0 Å². The van der Waals surface area contributed by atoms with Gasteiger partial charge in [-0.1, -0.05) is 13.8 Å². The van der Waals surface area contributed by atoms with Crippen molar-refractivity contribution in [1.29, 1.82) is 0 Å². The third-order valence-corrected chi connectivity index (χ3v) is 5.73. The summed E-state index contributed by atoms with van der Waals surface area (Å²) in [7, 11) is 1.27. The van der Waals surface area contributed by atoms with Crippen molar-refractivity contribution in [3.63, 3.8) is 0 Å². The number of nitrogens with one attached hydrogen (secondary N) is 1. The number of carbonyl (C=O) groups excluding carboxylic acids is 2. The van der Waals surface area contributed by atoms with Gasteiger partial charge in [-0.25, -0.2) is 14.8 Å². The second-order valence-electron chi connectivity index (χ2n) is 5.80. The van der Waals surface area contributed by atoms with E-state index in [0.29, 0.717) is 9.84 Å². The van der Waals surface area contributed by atoms with Gasteiger partial charge in [0.1, 0.15) is 5.56 Å². The van der Waals surface area contributed by atoms with E-state index in [-0.39, 0.29) is 22.3 Å². The molecule has 0 unspecified atom stereocenters. The van der Waals surface area contributed by atoms with Crippen molar-refractivity contribution in [3.05, 3.63) is 43.8 Å². The summed E-state index contributed by atoms with van der Waals surface area (Å²) in [4.78, 5) is 47.3. The molecule has 3 rings (SSSR count). The van der Waals surface area contributed by atoms with Crippen LogP contribution in [0.3, 0.4) is 0 Å². The number of fused-ring (bicyclic) bond motifs is 1. The summed E-state index contributed by atoms with van der Waals surface area (Å²) in [5.74, 6) is -1.16. The zero-order valence-electron chi connectivity index (χ0n) is 14.5. The van der Waals surface area contributed by atoms with Gasteiger partial charge in [0, 0.05) is 22.1 Å². The maximum atomic E-state index is 12.5.